The molecule has 1 aromatic carbocycles. The fraction of sp³-hybridized carbons (Fsp3) is 0.368. The van der Waals surface area contributed by atoms with Crippen molar-refractivity contribution in [2.75, 3.05) is 6.54 Å². The van der Waals surface area contributed by atoms with Gasteiger partial charge in [0.2, 0.25) is 5.91 Å². The number of hydrogen-bond acceptors (Lipinski definition) is 2. The highest BCUT2D eigenvalue weighted by atomic mass is 16.4. The Hall–Kier alpha value is -2.56. The maximum atomic E-state index is 12.9. The molecule has 4 rings (SSSR count). The van der Waals surface area contributed by atoms with Gasteiger partial charge in [0.25, 0.3) is 0 Å². The van der Waals surface area contributed by atoms with Crippen LogP contribution < -0.4 is 0 Å². The first kappa shape index (κ1) is 15.0. The first-order valence-corrected chi connectivity index (χ1v) is 8.26. The minimum Gasteiger partial charge on any atom is -0.481 e. The second-order valence-corrected chi connectivity index (χ2v) is 6.84. The van der Waals surface area contributed by atoms with Crippen LogP contribution in [0.1, 0.15) is 22.7 Å². The molecule has 24 heavy (non-hydrogen) atoms. The molecule has 5 nitrogen and oxygen atoms in total. The van der Waals surface area contributed by atoms with Gasteiger partial charge in [0.1, 0.15) is 0 Å². The Balaban J connectivity index is 1.66. The Morgan fingerprint density at radius 2 is 2.00 bits per heavy atom. The lowest BCUT2D eigenvalue weighted by Gasteiger charge is -2.29. The Kier molecular flexibility index (Phi) is 3.44. The van der Waals surface area contributed by atoms with Crippen molar-refractivity contribution in [1.29, 1.82) is 0 Å². The molecule has 5 heteroatoms. The van der Waals surface area contributed by atoms with Gasteiger partial charge in [-0.25, -0.2) is 0 Å². The predicted molar refractivity (Wildman–Crippen MR) is 88.3 cm³/mol. The molecule has 1 saturated heterocycles. The number of benzene rings is 1. The summed E-state index contributed by atoms with van der Waals surface area (Å²) in [4.78, 5) is 26.7. The van der Waals surface area contributed by atoms with Crippen molar-refractivity contribution in [1.82, 2.24) is 9.47 Å². The van der Waals surface area contributed by atoms with Crippen molar-refractivity contribution in [3.8, 4) is 0 Å². The van der Waals surface area contributed by atoms with Crippen LogP contribution in [0.5, 0.6) is 0 Å². The number of aromatic nitrogens is 1. The molecule has 1 amide bonds. The maximum Gasteiger partial charge on any atom is 0.311 e. The first-order chi connectivity index (χ1) is 11.6. The quantitative estimate of drug-likeness (QED) is 0.939. The van der Waals surface area contributed by atoms with E-state index in [9.17, 15) is 14.7 Å². The summed E-state index contributed by atoms with van der Waals surface area (Å²) in [5.41, 5.74) is 2.94. The first-order valence-electron chi connectivity index (χ1n) is 8.26. The number of aryl methyl sites for hydroxylation is 1. The molecule has 1 aliphatic carbocycles. The normalized spacial score (nSPS) is 25.5. The largest absolute Gasteiger partial charge is 0.481 e. The fourth-order valence-electron chi connectivity index (χ4n) is 4.31. The highest BCUT2D eigenvalue weighted by Crippen LogP contribution is 2.45. The number of aliphatic carboxylic acids is 1. The van der Waals surface area contributed by atoms with Crippen LogP contribution in [0.25, 0.3) is 0 Å². The summed E-state index contributed by atoms with van der Waals surface area (Å²) in [6, 6.07) is 11.7. The minimum absolute atomic E-state index is 0.0224. The third kappa shape index (κ3) is 2.23. The van der Waals surface area contributed by atoms with Gasteiger partial charge in [0, 0.05) is 32.0 Å². The zero-order valence-corrected chi connectivity index (χ0v) is 13.6. The van der Waals surface area contributed by atoms with Crippen LogP contribution in [0.3, 0.4) is 0 Å². The Morgan fingerprint density at radius 1 is 1.25 bits per heavy atom. The van der Waals surface area contributed by atoms with Gasteiger partial charge in [-0.2, -0.15) is 0 Å². The van der Waals surface area contributed by atoms with Crippen LogP contribution in [0.2, 0.25) is 0 Å². The number of nitrogens with zero attached hydrogens (tertiary/aromatic N) is 2. The molecule has 124 valence electrons. The number of carbonyl (C=O) groups excluding carboxylic acids is 1. The molecular weight excluding hydrogens is 304 g/mol. The summed E-state index contributed by atoms with van der Waals surface area (Å²) in [5.74, 6) is -2.02. The molecule has 1 N–H and O–H groups in total. The van der Waals surface area contributed by atoms with Crippen molar-refractivity contribution in [3.63, 3.8) is 0 Å². The van der Waals surface area contributed by atoms with E-state index in [1.807, 2.05) is 59.1 Å². The minimum atomic E-state index is -0.896. The molecule has 0 radical (unpaired) electrons. The molecular formula is C19H20N2O3. The number of fused-ring (bicyclic) bond motifs is 2. The van der Waals surface area contributed by atoms with E-state index in [4.69, 9.17) is 0 Å². The van der Waals surface area contributed by atoms with Crippen molar-refractivity contribution in [2.45, 2.75) is 18.9 Å². The van der Waals surface area contributed by atoms with Crippen LogP contribution in [0, 0.1) is 11.8 Å². The van der Waals surface area contributed by atoms with E-state index in [0.29, 0.717) is 13.1 Å². The lowest BCUT2D eigenvalue weighted by molar-refractivity contribution is -0.145. The number of carbonyl (C=O) groups is 2. The number of carboxylic acids is 1. The number of hydrogen-bond donors (Lipinski definition) is 1. The molecule has 3 unspecified atom stereocenters. The van der Waals surface area contributed by atoms with Gasteiger partial charge in [-0.1, -0.05) is 30.3 Å². The van der Waals surface area contributed by atoms with Crippen LogP contribution >= 0.6 is 0 Å². The van der Waals surface area contributed by atoms with E-state index >= 15 is 0 Å². The summed E-state index contributed by atoms with van der Waals surface area (Å²) in [5, 5.41) is 9.76. The van der Waals surface area contributed by atoms with E-state index in [-0.39, 0.29) is 11.8 Å². The molecule has 2 aromatic rings. The van der Waals surface area contributed by atoms with Crippen molar-refractivity contribution >= 4 is 11.9 Å². The molecule has 1 fully saturated rings. The van der Waals surface area contributed by atoms with E-state index in [0.717, 1.165) is 23.2 Å². The van der Waals surface area contributed by atoms with Gasteiger partial charge in [-0.3, -0.25) is 9.59 Å². The summed E-state index contributed by atoms with van der Waals surface area (Å²) < 4.78 is 1.99. The van der Waals surface area contributed by atoms with Crippen molar-refractivity contribution < 1.29 is 14.7 Å². The molecule has 1 aliphatic heterocycles. The summed E-state index contributed by atoms with van der Waals surface area (Å²) >= 11 is 0. The predicted octanol–water partition coefficient (Wildman–Crippen LogP) is 2.02. The molecule has 2 heterocycles. The number of rotatable bonds is 3. The van der Waals surface area contributed by atoms with Gasteiger partial charge in [-0.15, -0.1) is 0 Å². The monoisotopic (exact) mass is 324 g/mol. The van der Waals surface area contributed by atoms with Crippen molar-refractivity contribution in [2.24, 2.45) is 18.9 Å². The second kappa shape index (κ2) is 5.51. The Bertz CT molecular complexity index is 796. The second-order valence-electron chi connectivity index (χ2n) is 6.84. The molecule has 0 saturated carbocycles. The van der Waals surface area contributed by atoms with Gasteiger partial charge in [-0.05, 0) is 29.5 Å². The smallest absolute Gasteiger partial charge is 0.311 e. The highest BCUT2D eigenvalue weighted by molar-refractivity contribution is 5.90. The van der Waals surface area contributed by atoms with Crippen LogP contribution in [-0.2, 0) is 29.6 Å². The Morgan fingerprint density at radius 3 is 2.71 bits per heavy atom. The standard InChI is InChI=1S/C19H20N2O3/c1-20-8-7-14-15(20)9-13-11-21(10-12-5-3-2-4-6-12)18(22)16(13)17(14)19(23)24/h2-8,13,16-17H,9-11H2,1H3,(H,23,24). The molecule has 0 bridgehead atoms. The molecule has 1 aromatic heterocycles. The molecule has 2 aliphatic rings. The van der Waals surface area contributed by atoms with Crippen LogP contribution in [-0.4, -0.2) is 33.0 Å². The van der Waals surface area contributed by atoms with Gasteiger partial charge < -0.3 is 14.6 Å². The molecule has 3 atom stereocenters. The summed E-state index contributed by atoms with van der Waals surface area (Å²) in [7, 11) is 1.94. The summed E-state index contributed by atoms with van der Waals surface area (Å²) in [6.45, 7) is 1.18. The van der Waals surface area contributed by atoms with Gasteiger partial charge in [0.05, 0.1) is 11.8 Å². The average Bonchev–Trinajstić information content (AvgIpc) is 3.08. The third-order valence-corrected chi connectivity index (χ3v) is 5.43. The average molecular weight is 324 g/mol. The summed E-state index contributed by atoms with van der Waals surface area (Å²) in [6.07, 6.45) is 2.66. The zero-order chi connectivity index (χ0) is 16.8. The van der Waals surface area contributed by atoms with Crippen LogP contribution in [0.15, 0.2) is 42.6 Å². The Labute approximate surface area is 140 Å². The highest BCUT2D eigenvalue weighted by Gasteiger charge is 2.51. The maximum absolute atomic E-state index is 12.9. The van der Waals surface area contributed by atoms with Gasteiger partial charge in [0.15, 0.2) is 0 Å². The lowest BCUT2D eigenvalue weighted by Crippen LogP contribution is -2.36. The molecule has 0 spiro atoms. The van der Waals surface area contributed by atoms with E-state index < -0.39 is 17.8 Å². The number of likely N-dealkylation sites (tertiary alicyclic amines) is 1. The van der Waals surface area contributed by atoms with Crippen molar-refractivity contribution in [3.05, 3.63) is 59.4 Å². The third-order valence-electron chi connectivity index (χ3n) is 5.43. The van der Waals surface area contributed by atoms with E-state index in [1.54, 1.807) is 0 Å². The number of amides is 1. The van der Waals surface area contributed by atoms with E-state index in [1.165, 1.54) is 0 Å². The fourth-order valence-corrected chi connectivity index (χ4v) is 4.31. The topological polar surface area (TPSA) is 62.5 Å². The van der Waals surface area contributed by atoms with E-state index in [2.05, 4.69) is 0 Å². The van der Waals surface area contributed by atoms with Gasteiger partial charge >= 0.3 is 5.97 Å². The lowest BCUT2D eigenvalue weighted by atomic mass is 9.72. The number of carboxylic acid groups (broad SMARTS) is 1. The zero-order valence-electron chi connectivity index (χ0n) is 13.6. The SMILES string of the molecule is Cn1ccc2c1CC1CN(Cc3ccccc3)C(=O)C1C2C(=O)O. The van der Waals surface area contributed by atoms with Crippen LogP contribution in [0.4, 0.5) is 0 Å².